The molecule has 0 radical (unpaired) electrons. The molecule has 0 saturated heterocycles. The van der Waals surface area contributed by atoms with Crippen molar-refractivity contribution in [1.82, 2.24) is 15.5 Å². The fourth-order valence-electron chi connectivity index (χ4n) is 1.93. The summed E-state index contributed by atoms with van der Waals surface area (Å²) in [6.07, 6.45) is 0. The lowest BCUT2D eigenvalue weighted by Gasteiger charge is -2.13. The summed E-state index contributed by atoms with van der Waals surface area (Å²) >= 11 is 3.26. The molecule has 114 valence electrons. The van der Waals surface area contributed by atoms with Gasteiger partial charge in [0.25, 0.3) is 11.8 Å². The zero-order chi connectivity index (χ0) is 14.7. The Kier molecular flexibility index (Phi) is 6.32. The van der Waals surface area contributed by atoms with E-state index in [0.29, 0.717) is 24.2 Å². The second kappa shape index (κ2) is 7.53. The highest BCUT2D eigenvalue weighted by Crippen LogP contribution is 2.25. The summed E-state index contributed by atoms with van der Waals surface area (Å²) in [5, 5.41) is 5.52. The van der Waals surface area contributed by atoms with Gasteiger partial charge in [0.05, 0.1) is 11.1 Å². The average Bonchev–Trinajstić information content (AvgIpc) is 2.64. The zero-order valence-corrected chi connectivity index (χ0v) is 13.7. The SMILES string of the molecule is CNCCNC(=O)CN1C(=O)c2ccc(Br)cc2C1=O.Cl. The van der Waals surface area contributed by atoms with Crippen LogP contribution in [0.2, 0.25) is 0 Å². The molecule has 8 heteroatoms. The Morgan fingerprint density at radius 2 is 1.86 bits per heavy atom. The Morgan fingerprint density at radius 1 is 1.19 bits per heavy atom. The maximum Gasteiger partial charge on any atom is 0.262 e. The molecule has 1 aromatic carbocycles. The number of carbonyl (C=O) groups is 3. The van der Waals surface area contributed by atoms with E-state index in [2.05, 4.69) is 26.6 Å². The van der Waals surface area contributed by atoms with Crippen LogP contribution in [-0.4, -0.2) is 49.3 Å². The number of carbonyl (C=O) groups excluding carboxylic acids is 3. The highest BCUT2D eigenvalue weighted by atomic mass is 79.9. The van der Waals surface area contributed by atoms with Crippen LogP contribution in [0.3, 0.4) is 0 Å². The smallest absolute Gasteiger partial charge is 0.262 e. The van der Waals surface area contributed by atoms with Crippen molar-refractivity contribution in [3.05, 3.63) is 33.8 Å². The number of nitrogens with zero attached hydrogens (tertiary/aromatic N) is 1. The van der Waals surface area contributed by atoms with Crippen molar-refractivity contribution >= 4 is 46.1 Å². The maximum atomic E-state index is 12.1. The first kappa shape index (κ1) is 17.6. The molecule has 2 N–H and O–H groups in total. The van der Waals surface area contributed by atoms with Gasteiger partial charge in [0.1, 0.15) is 6.54 Å². The predicted molar refractivity (Wildman–Crippen MR) is 83.7 cm³/mol. The van der Waals surface area contributed by atoms with Gasteiger partial charge in [-0.05, 0) is 25.2 Å². The van der Waals surface area contributed by atoms with Gasteiger partial charge in [-0.25, -0.2) is 0 Å². The largest absolute Gasteiger partial charge is 0.353 e. The molecular formula is C13H15BrClN3O3. The number of hydrogen-bond acceptors (Lipinski definition) is 4. The van der Waals surface area contributed by atoms with E-state index in [-0.39, 0.29) is 24.9 Å². The van der Waals surface area contributed by atoms with Crippen LogP contribution < -0.4 is 10.6 Å². The monoisotopic (exact) mass is 375 g/mol. The van der Waals surface area contributed by atoms with Crippen LogP contribution in [0.25, 0.3) is 0 Å². The second-order valence-corrected chi connectivity index (χ2v) is 5.26. The number of rotatable bonds is 5. The molecule has 0 fully saturated rings. The highest BCUT2D eigenvalue weighted by Gasteiger charge is 2.36. The van der Waals surface area contributed by atoms with E-state index >= 15 is 0 Å². The van der Waals surface area contributed by atoms with Crippen LogP contribution in [0.15, 0.2) is 22.7 Å². The zero-order valence-electron chi connectivity index (χ0n) is 11.3. The van der Waals surface area contributed by atoms with Gasteiger partial charge in [-0.15, -0.1) is 12.4 Å². The minimum atomic E-state index is -0.435. The van der Waals surface area contributed by atoms with Crippen LogP contribution in [-0.2, 0) is 4.79 Å². The molecule has 1 aromatic rings. The summed E-state index contributed by atoms with van der Waals surface area (Å²) in [5.74, 6) is -1.22. The number of benzene rings is 1. The van der Waals surface area contributed by atoms with E-state index in [1.807, 2.05) is 0 Å². The molecule has 0 aromatic heterocycles. The Hall–Kier alpha value is -1.44. The molecule has 0 spiro atoms. The third kappa shape index (κ3) is 3.81. The van der Waals surface area contributed by atoms with Crippen molar-refractivity contribution in [2.45, 2.75) is 0 Å². The third-order valence-corrected chi connectivity index (χ3v) is 3.42. The molecular weight excluding hydrogens is 362 g/mol. The van der Waals surface area contributed by atoms with Crippen molar-refractivity contribution < 1.29 is 14.4 Å². The summed E-state index contributed by atoms with van der Waals surface area (Å²) in [6, 6.07) is 4.87. The Morgan fingerprint density at radius 3 is 2.52 bits per heavy atom. The molecule has 2 rings (SSSR count). The number of halogens is 2. The fraction of sp³-hybridized carbons (Fsp3) is 0.308. The molecule has 0 bridgehead atoms. The summed E-state index contributed by atoms with van der Waals surface area (Å²) < 4.78 is 0.720. The number of likely N-dealkylation sites (N-methyl/N-ethyl adjacent to an activating group) is 1. The van der Waals surface area contributed by atoms with Gasteiger partial charge in [0, 0.05) is 17.6 Å². The first-order valence-electron chi connectivity index (χ1n) is 6.11. The molecule has 0 unspecified atom stereocenters. The quantitative estimate of drug-likeness (QED) is 0.589. The Balaban J connectivity index is 0.00000220. The molecule has 0 aliphatic carbocycles. The molecule has 6 nitrogen and oxygen atoms in total. The summed E-state index contributed by atoms with van der Waals surface area (Å²) in [7, 11) is 1.77. The molecule has 3 amide bonds. The van der Waals surface area contributed by atoms with E-state index in [9.17, 15) is 14.4 Å². The predicted octanol–water partition coefficient (Wildman–Crippen LogP) is 0.803. The van der Waals surface area contributed by atoms with Gasteiger partial charge in [-0.1, -0.05) is 15.9 Å². The van der Waals surface area contributed by atoms with E-state index in [1.54, 1.807) is 25.2 Å². The minimum absolute atomic E-state index is 0. The van der Waals surface area contributed by atoms with Gasteiger partial charge in [0.2, 0.25) is 5.91 Å². The van der Waals surface area contributed by atoms with E-state index in [4.69, 9.17) is 0 Å². The topological polar surface area (TPSA) is 78.5 Å². The highest BCUT2D eigenvalue weighted by molar-refractivity contribution is 9.10. The molecule has 1 aliphatic heterocycles. The molecule has 1 heterocycles. The van der Waals surface area contributed by atoms with Gasteiger partial charge in [0.15, 0.2) is 0 Å². The fourth-order valence-corrected chi connectivity index (χ4v) is 2.29. The summed E-state index contributed by atoms with van der Waals surface area (Å²) in [4.78, 5) is 36.9. The van der Waals surface area contributed by atoms with Crippen molar-refractivity contribution in [1.29, 1.82) is 0 Å². The number of amides is 3. The summed E-state index contributed by atoms with van der Waals surface area (Å²) in [6.45, 7) is 0.818. The first-order chi connectivity index (χ1) is 9.54. The lowest BCUT2D eigenvalue weighted by Crippen LogP contribution is -2.41. The molecule has 0 saturated carbocycles. The third-order valence-electron chi connectivity index (χ3n) is 2.93. The normalized spacial score (nSPS) is 13.0. The number of imide groups is 1. The van der Waals surface area contributed by atoms with Crippen LogP contribution in [0.1, 0.15) is 20.7 Å². The maximum absolute atomic E-state index is 12.1. The minimum Gasteiger partial charge on any atom is -0.353 e. The molecule has 21 heavy (non-hydrogen) atoms. The lowest BCUT2D eigenvalue weighted by atomic mass is 10.1. The lowest BCUT2D eigenvalue weighted by molar-refractivity contribution is -0.121. The van der Waals surface area contributed by atoms with E-state index in [0.717, 1.165) is 9.37 Å². The van der Waals surface area contributed by atoms with Gasteiger partial charge in [-0.2, -0.15) is 0 Å². The Bertz CT molecular complexity index is 580. The van der Waals surface area contributed by atoms with Gasteiger partial charge < -0.3 is 10.6 Å². The number of fused-ring (bicyclic) bond motifs is 1. The van der Waals surface area contributed by atoms with Crippen molar-refractivity contribution in [2.75, 3.05) is 26.7 Å². The molecule has 0 atom stereocenters. The second-order valence-electron chi connectivity index (χ2n) is 4.34. The van der Waals surface area contributed by atoms with Gasteiger partial charge >= 0.3 is 0 Å². The average molecular weight is 377 g/mol. The van der Waals surface area contributed by atoms with Crippen molar-refractivity contribution in [2.24, 2.45) is 0 Å². The number of nitrogens with one attached hydrogen (secondary N) is 2. The number of hydrogen-bond donors (Lipinski definition) is 2. The van der Waals surface area contributed by atoms with Gasteiger partial charge in [-0.3, -0.25) is 19.3 Å². The van der Waals surface area contributed by atoms with Crippen molar-refractivity contribution in [3.8, 4) is 0 Å². The van der Waals surface area contributed by atoms with Crippen molar-refractivity contribution in [3.63, 3.8) is 0 Å². The molecule has 1 aliphatic rings. The Labute approximate surface area is 136 Å². The van der Waals surface area contributed by atoms with E-state index in [1.165, 1.54) is 0 Å². The standard InChI is InChI=1S/C13H14BrN3O3.ClH/c1-15-4-5-16-11(18)7-17-12(19)9-3-2-8(14)6-10(9)13(17)20;/h2-3,6,15H,4-5,7H2,1H3,(H,16,18);1H. The first-order valence-corrected chi connectivity index (χ1v) is 6.91. The van der Waals surface area contributed by atoms with Crippen LogP contribution in [0, 0.1) is 0 Å². The van der Waals surface area contributed by atoms with E-state index < -0.39 is 11.8 Å². The van der Waals surface area contributed by atoms with Crippen LogP contribution >= 0.6 is 28.3 Å². The summed E-state index contributed by atoms with van der Waals surface area (Å²) in [5.41, 5.74) is 0.661. The van der Waals surface area contributed by atoms with Crippen LogP contribution in [0.4, 0.5) is 0 Å². The van der Waals surface area contributed by atoms with Crippen LogP contribution in [0.5, 0.6) is 0 Å².